The van der Waals surface area contributed by atoms with E-state index >= 15 is 0 Å². The highest BCUT2D eigenvalue weighted by Gasteiger charge is 2.20. The summed E-state index contributed by atoms with van der Waals surface area (Å²) in [4.78, 5) is 16.8. The van der Waals surface area contributed by atoms with Crippen LogP contribution in [0, 0.1) is 0 Å². The number of sulfonamides is 1. The van der Waals surface area contributed by atoms with Crippen LogP contribution in [0.3, 0.4) is 0 Å². The van der Waals surface area contributed by atoms with Crippen LogP contribution in [0.15, 0.2) is 41.1 Å². The molecule has 1 aliphatic heterocycles. The Kier molecular flexibility index (Phi) is 5.95. The number of amides is 1. The molecule has 140 valence electrons. The molecular formula is C18H23N3O3S2. The van der Waals surface area contributed by atoms with E-state index in [0.717, 1.165) is 56.5 Å². The third kappa shape index (κ3) is 5.30. The molecule has 1 fully saturated rings. The van der Waals surface area contributed by atoms with Crippen molar-refractivity contribution in [3.63, 3.8) is 0 Å². The Morgan fingerprint density at radius 2 is 1.88 bits per heavy atom. The van der Waals surface area contributed by atoms with Crippen LogP contribution in [0.4, 0.5) is 5.69 Å². The summed E-state index contributed by atoms with van der Waals surface area (Å²) in [5.41, 5.74) is 2.47. The molecule has 1 saturated heterocycles. The van der Waals surface area contributed by atoms with Gasteiger partial charge in [0, 0.05) is 43.8 Å². The Labute approximate surface area is 158 Å². The first-order valence-electron chi connectivity index (χ1n) is 8.51. The van der Waals surface area contributed by atoms with Gasteiger partial charge in [-0.25, -0.2) is 8.42 Å². The fourth-order valence-electron chi connectivity index (χ4n) is 3.05. The minimum Gasteiger partial charge on any atom is -0.337 e. The van der Waals surface area contributed by atoms with Gasteiger partial charge in [-0.1, -0.05) is 12.1 Å². The fourth-order valence-corrected chi connectivity index (χ4v) is 4.25. The maximum Gasteiger partial charge on any atom is 0.254 e. The van der Waals surface area contributed by atoms with Crippen LogP contribution in [0.2, 0.25) is 0 Å². The molecule has 1 aliphatic rings. The van der Waals surface area contributed by atoms with Crippen LogP contribution in [-0.2, 0) is 16.6 Å². The molecule has 1 amide bonds. The van der Waals surface area contributed by atoms with Crippen molar-refractivity contribution in [1.29, 1.82) is 0 Å². The number of hydrogen-bond donors (Lipinski definition) is 1. The van der Waals surface area contributed by atoms with E-state index in [9.17, 15) is 13.2 Å². The summed E-state index contributed by atoms with van der Waals surface area (Å²) in [7, 11) is -3.25. The average Bonchev–Trinajstić information content (AvgIpc) is 3.02. The first-order valence-corrected chi connectivity index (χ1v) is 11.3. The number of thiophene rings is 1. The van der Waals surface area contributed by atoms with Gasteiger partial charge in [0.15, 0.2) is 0 Å². The Balaban J connectivity index is 1.55. The summed E-state index contributed by atoms with van der Waals surface area (Å²) in [6, 6.07) is 9.31. The van der Waals surface area contributed by atoms with Crippen LogP contribution in [0.1, 0.15) is 22.3 Å². The van der Waals surface area contributed by atoms with Crippen molar-refractivity contribution < 1.29 is 13.2 Å². The zero-order valence-corrected chi connectivity index (χ0v) is 16.4. The molecule has 2 aromatic rings. The van der Waals surface area contributed by atoms with Gasteiger partial charge in [-0.05, 0) is 35.6 Å². The van der Waals surface area contributed by atoms with E-state index in [2.05, 4.69) is 9.62 Å². The number of hydrogen-bond acceptors (Lipinski definition) is 5. The van der Waals surface area contributed by atoms with Gasteiger partial charge in [-0.3, -0.25) is 14.4 Å². The lowest BCUT2D eigenvalue weighted by Gasteiger charge is -2.22. The monoisotopic (exact) mass is 393 g/mol. The largest absolute Gasteiger partial charge is 0.337 e. The Morgan fingerprint density at radius 3 is 2.54 bits per heavy atom. The van der Waals surface area contributed by atoms with Crippen molar-refractivity contribution in [2.45, 2.75) is 13.0 Å². The minimum atomic E-state index is -3.25. The summed E-state index contributed by atoms with van der Waals surface area (Å²) in [6.07, 6.45) is 2.09. The van der Waals surface area contributed by atoms with E-state index in [1.54, 1.807) is 23.5 Å². The molecule has 1 aromatic heterocycles. The molecule has 0 spiro atoms. The second-order valence-electron chi connectivity index (χ2n) is 6.51. The van der Waals surface area contributed by atoms with E-state index in [1.807, 2.05) is 33.9 Å². The number of anilines is 1. The second kappa shape index (κ2) is 8.20. The number of nitrogens with one attached hydrogen (secondary N) is 1. The first kappa shape index (κ1) is 18.9. The van der Waals surface area contributed by atoms with Gasteiger partial charge in [0.25, 0.3) is 5.91 Å². The van der Waals surface area contributed by atoms with Gasteiger partial charge in [0.2, 0.25) is 10.0 Å². The summed E-state index contributed by atoms with van der Waals surface area (Å²) >= 11 is 1.54. The van der Waals surface area contributed by atoms with Crippen LogP contribution in [-0.4, -0.2) is 56.6 Å². The second-order valence-corrected chi connectivity index (χ2v) is 9.03. The number of carbonyl (C=O) groups excluding carboxylic acids is 1. The van der Waals surface area contributed by atoms with Gasteiger partial charge in [-0.15, -0.1) is 0 Å². The molecule has 0 aliphatic carbocycles. The predicted molar refractivity (Wildman–Crippen MR) is 105 cm³/mol. The molecule has 3 rings (SSSR count). The maximum absolute atomic E-state index is 12.5. The molecule has 0 atom stereocenters. The first-order chi connectivity index (χ1) is 12.4. The highest BCUT2D eigenvalue weighted by atomic mass is 32.2. The summed E-state index contributed by atoms with van der Waals surface area (Å²) < 4.78 is 25.0. The molecule has 2 heterocycles. The minimum absolute atomic E-state index is 0.115. The van der Waals surface area contributed by atoms with Gasteiger partial charge < -0.3 is 4.90 Å². The quantitative estimate of drug-likeness (QED) is 0.847. The molecule has 1 aromatic carbocycles. The molecule has 8 heteroatoms. The molecule has 26 heavy (non-hydrogen) atoms. The smallest absolute Gasteiger partial charge is 0.254 e. The van der Waals surface area contributed by atoms with Crippen LogP contribution >= 0.6 is 11.3 Å². The van der Waals surface area contributed by atoms with Crippen molar-refractivity contribution in [1.82, 2.24) is 9.80 Å². The highest BCUT2D eigenvalue weighted by molar-refractivity contribution is 7.92. The topological polar surface area (TPSA) is 69.7 Å². The normalized spacial score (nSPS) is 16.3. The van der Waals surface area contributed by atoms with Crippen LogP contribution in [0.25, 0.3) is 0 Å². The molecule has 6 nitrogen and oxygen atoms in total. The molecule has 0 saturated carbocycles. The molecule has 0 radical (unpaired) electrons. The lowest BCUT2D eigenvalue weighted by atomic mass is 10.2. The average molecular weight is 394 g/mol. The molecular weight excluding hydrogens is 370 g/mol. The highest BCUT2D eigenvalue weighted by Crippen LogP contribution is 2.16. The fraction of sp³-hybridized carbons (Fsp3) is 0.389. The molecule has 1 N–H and O–H groups in total. The Bertz CT molecular complexity index is 833. The third-order valence-electron chi connectivity index (χ3n) is 4.31. The number of rotatable bonds is 5. The summed E-state index contributed by atoms with van der Waals surface area (Å²) in [5, 5.41) is 3.83. The van der Waals surface area contributed by atoms with E-state index < -0.39 is 10.0 Å². The van der Waals surface area contributed by atoms with Crippen molar-refractivity contribution in [3.8, 4) is 0 Å². The Morgan fingerprint density at radius 1 is 1.12 bits per heavy atom. The predicted octanol–water partition coefficient (Wildman–Crippen LogP) is 2.47. The van der Waals surface area contributed by atoms with Crippen molar-refractivity contribution in [2.75, 3.05) is 37.2 Å². The number of carbonyl (C=O) groups is 1. The summed E-state index contributed by atoms with van der Waals surface area (Å²) in [6.45, 7) is 4.07. The zero-order chi connectivity index (χ0) is 18.6. The van der Waals surface area contributed by atoms with Gasteiger partial charge >= 0.3 is 0 Å². The number of benzene rings is 1. The standard InChI is InChI=1S/C18H23N3O3S2/c1-26(23,24)19-17-5-3-15(4-6-17)13-20-8-2-9-21(11-10-20)18(22)16-7-12-25-14-16/h3-7,12,14,19H,2,8-11,13H2,1H3. The van der Waals surface area contributed by atoms with Crippen LogP contribution < -0.4 is 4.72 Å². The maximum atomic E-state index is 12.5. The van der Waals surface area contributed by atoms with E-state index in [1.165, 1.54) is 0 Å². The van der Waals surface area contributed by atoms with Gasteiger partial charge in [0.05, 0.1) is 11.8 Å². The zero-order valence-electron chi connectivity index (χ0n) is 14.7. The van der Waals surface area contributed by atoms with Crippen molar-refractivity contribution in [2.24, 2.45) is 0 Å². The molecule has 0 unspecified atom stereocenters. The Hall–Kier alpha value is -1.90. The van der Waals surface area contributed by atoms with E-state index in [0.29, 0.717) is 5.69 Å². The summed E-state index contributed by atoms with van der Waals surface area (Å²) in [5.74, 6) is 0.115. The van der Waals surface area contributed by atoms with Crippen molar-refractivity contribution in [3.05, 3.63) is 52.2 Å². The third-order valence-corrected chi connectivity index (χ3v) is 5.60. The number of nitrogens with zero attached hydrogens (tertiary/aromatic N) is 2. The van der Waals surface area contributed by atoms with E-state index in [-0.39, 0.29) is 5.91 Å². The van der Waals surface area contributed by atoms with Gasteiger partial charge in [-0.2, -0.15) is 11.3 Å². The lowest BCUT2D eigenvalue weighted by Crippen LogP contribution is -2.34. The van der Waals surface area contributed by atoms with E-state index in [4.69, 9.17) is 0 Å². The SMILES string of the molecule is CS(=O)(=O)Nc1ccc(CN2CCCN(C(=O)c3ccsc3)CC2)cc1. The van der Waals surface area contributed by atoms with Gasteiger partial charge in [0.1, 0.15) is 0 Å². The van der Waals surface area contributed by atoms with Crippen molar-refractivity contribution >= 4 is 33.0 Å². The van der Waals surface area contributed by atoms with Crippen LogP contribution in [0.5, 0.6) is 0 Å². The lowest BCUT2D eigenvalue weighted by molar-refractivity contribution is 0.0761. The molecule has 0 bridgehead atoms.